The summed E-state index contributed by atoms with van der Waals surface area (Å²) >= 11 is 7.84. The van der Waals surface area contributed by atoms with Crippen LogP contribution >= 0.6 is 22.9 Å². The van der Waals surface area contributed by atoms with Crippen LogP contribution in [-0.4, -0.2) is 125 Å². The van der Waals surface area contributed by atoms with E-state index in [2.05, 4.69) is 64.5 Å². The van der Waals surface area contributed by atoms with Crippen LogP contribution < -0.4 is 20.7 Å². The van der Waals surface area contributed by atoms with Crippen molar-refractivity contribution in [1.82, 2.24) is 35.6 Å². The van der Waals surface area contributed by atoms with Crippen LogP contribution in [-0.2, 0) is 20.8 Å². The van der Waals surface area contributed by atoms with Gasteiger partial charge in [0.05, 0.1) is 45.4 Å². The molecule has 0 radical (unpaired) electrons. The number of nitrogens with zero attached hydrogens (tertiary/aromatic N) is 5. The van der Waals surface area contributed by atoms with Gasteiger partial charge >= 0.3 is 0 Å². The molecule has 1 aliphatic carbocycles. The molecular weight excluding hydrogens is 936 g/mol. The Balaban J connectivity index is 0.816. The number of piperazine rings is 1. The highest BCUT2D eigenvalue weighted by Gasteiger charge is 2.64. The van der Waals surface area contributed by atoms with Gasteiger partial charge in [0.2, 0.25) is 17.7 Å². The lowest BCUT2D eigenvalue weighted by Crippen LogP contribution is -2.74. The molecule has 71 heavy (non-hydrogen) atoms. The quantitative estimate of drug-likeness (QED) is 0.0772. The predicted octanol–water partition coefficient (Wildman–Crippen LogP) is 7.57. The molecule has 1 aromatic heterocycles. The molecule has 4 N–H and O–H groups in total. The van der Waals surface area contributed by atoms with E-state index in [4.69, 9.17) is 16.3 Å². The molecular formula is C55H71ClN8O6S. The van der Waals surface area contributed by atoms with Gasteiger partial charge in [-0.05, 0) is 86.0 Å². The molecule has 3 heterocycles. The molecule has 3 aromatic carbocycles. The number of aliphatic hydroxyl groups is 1. The van der Waals surface area contributed by atoms with Crippen molar-refractivity contribution >= 4 is 46.6 Å². The molecule has 2 saturated heterocycles. The van der Waals surface area contributed by atoms with Gasteiger partial charge in [-0.1, -0.05) is 96.5 Å². The van der Waals surface area contributed by atoms with E-state index in [1.54, 1.807) is 29.5 Å². The third-order valence-corrected chi connectivity index (χ3v) is 16.0. The first-order valence-electron chi connectivity index (χ1n) is 24.9. The van der Waals surface area contributed by atoms with Gasteiger partial charge in [-0.25, -0.2) is 4.98 Å². The lowest BCUT2D eigenvalue weighted by molar-refractivity contribution is -0.164. The Morgan fingerprint density at radius 2 is 1.61 bits per heavy atom. The van der Waals surface area contributed by atoms with Crippen molar-refractivity contribution in [2.24, 2.45) is 16.2 Å². The third-order valence-electron chi connectivity index (χ3n) is 14.7. The zero-order chi connectivity index (χ0) is 51.4. The van der Waals surface area contributed by atoms with Gasteiger partial charge in [0.25, 0.3) is 5.91 Å². The van der Waals surface area contributed by atoms with Gasteiger partial charge < -0.3 is 35.6 Å². The molecule has 1 unspecified atom stereocenters. The Hall–Kier alpha value is -5.37. The average molecular weight is 1010 g/mol. The standard InChI is InChI=1S/C55H71ClN8O6S/c1-34(37-17-19-38(20-18-37)46-35(2)58-33-71-46)59-49(68)44-28-41(65)31-64(44)50(69)47(53(3,4)5)60-45(66)32-63-26-24-62(25-27-63)23-11-10-12-36-13-15-39(16-14-36)48(67)61-51-54(6,7)52(55(51,8)9)70-42-22-21-40(30-57)43(56)29-42/h13-22,29,33-34,41,44,47,51-52,65H,10-12,23-28,31-32H2,1-9H3,(H,59,68)(H,60,66)(H,61,67)/t34-,41+,44-,47?,51?,52?/m0/s1. The van der Waals surface area contributed by atoms with Crippen molar-refractivity contribution in [3.8, 4) is 22.3 Å². The normalized spacial score (nSPS) is 21.9. The smallest absolute Gasteiger partial charge is 0.251 e. The van der Waals surface area contributed by atoms with Crippen LogP contribution in [0.2, 0.25) is 5.02 Å². The third kappa shape index (κ3) is 12.5. The Bertz CT molecular complexity index is 2560. The van der Waals surface area contributed by atoms with E-state index in [1.165, 1.54) is 10.5 Å². The zero-order valence-electron chi connectivity index (χ0n) is 42.7. The van der Waals surface area contributed by atoms with E-state index in [9.17, 15) is 29.5 Å². The molecule has 4 atom stereocenters. The number of halogens is 1. The number of β-amino-alcohol motifs (C(OH)–C–C–N with tert-alkyl or cyclic N) is 1. The molecule has 4 aromatic rings. The molecule has 3 aliphatic rings. The number of nitriles is 1. The number of aryl methyl sites for hydroxylation is 2. The first-order chi connectivity index (χ1) is 33.6. The Kier molecular flexibility index (Phi) is 16.7. The molecule has 1 saturated carbocycles. The van der Waals surface area contributed by atoms with Crippen molar-refractivity contribution in [2.45, 2.75) is 124 Å². The molecule has 380 valence electrons. The van der Waals surface area contributed by atoms with E-state index in [0.29, 0.717) is 21.9 Å². The maximum absolute atomic E-state index is 14.2. The molecule has 14 nitrogen and oxygen atoms in total. The Labute approximate surface area is 428 Å². The number of aromatic nitrogens is 1. The number of rotatable bonds is 17. The van der Waals surface area contributed by atoms with Crippen LogP contribution in [0.5, 0.6) is 5.75 Å². The lowest BCUT2D eigenvalue weighted by atomic mass is 9.49. The van der Waals surface area contributed by atoms with Crippen molar-refractivity contribution in [3.63, 3.8) is 0 Å². The summed E-state index contributed by atoms with van der Waals surface area (Å²) in [6.07, 6.45) is 2.01. The van der Waals surface area contributed by atoms with Crippen molar-refractivity contribution in [3.05, 3.63) is 105 Å². The first-order valence-corrected chi connectivity index (χ1v) is 26.1. The fraction of sp³-hybridized carbons (Fsp3) is 0.527. The number of carbonyl (C=O) groups excluding carboxylic acids is 4. The van der Waals surface area contributed by atoms with Gasteiger partial charge in [0, 0.05) is 67.6 Å². The van der Waals surface area contributed by atoms with Gasteiger partial charge in [0.15, 0.2) is 0 Å². The number of ether oxygens (including phenoxy) is 1. The second kappa shape index (κ2) is 22.2. The van der Waals surface area contributed by atoms with Crippen LogP contribution in [0.25, 0.3) is 10.4 Å². The summed E-state index contributed by atoms with van der Waals surface area (Å²) in [7, 11) is 0. The summed E-state index contributed by atoms with van der Waals surface area (Å²) in [5, 5.41) is 29.6. The van der Waals surface area contributed by atoms with Gasteiger partial charge in [-0.3, -0.25) is 24.1 Å². The summed E-state index contributed by atoms with van der Waals surface area (Å²) in [6, 6.07) is 20.8. The second-order valence-corrected chi connectivity index (χ2v) is 23.2. The molecule has 2 aliphatic heterocycles. The average Bonchev–Trinajstić information content (AvgIpc) is 3.95. The highest BCUT2D eigenvalue weighted by molar-refractivity contribution is 7.13. The minimum atomic E-state index is -0.893. The number of hydrogen-bond donors (Lipinski definition) is 4. The molecule has 7 rings (SSSR count). The number of thiazole rings is 1. The summed E-state index contributed by atoms with van der Waals surface area (Å²) in [5.41, 5.74) is 5.59. The zero-order valence-corrected chi connectivity index (χ0v) is 44.3. The number of carbonyl (C=O) groups is 4. The molecule has 0 spiro atoms. The largest absolute Gasteiger partial charge is 0.489 e. The number of hydrogen-bond acceptors (Lipinski definition) is 11. The van der Waals surface area contributed by atoms with E-state index in [-0.39, 0.29) is 72.2 Å². The van der Waals surface area contributed by atoms with Gasteiger partial charge in [0.1, 0.15) is 30.0 Å². The number of likely N-dealkylation sites (tertiary alicyclic amines) is 1. The molecule has 3 fully saturated rings. The summed E-state index contributed by atoms with van der Waals surface area (Å²) in [6.45, 7) is 22.2. The first kappa shape index (κ1) is 53.4. The van der Waals surface area contributed by atoms with E-state index >= 15 is 0 Å². The van der Waals surface area contributed by atoms with Crippen LogP contribution in [0.3, 0.4) is 0 Å². The van der Waals surface area contributed by atoms with Crippen molar-refractivity contribution in [2.75, 3.05) is 45.8 Å². The summed E-state index contributed by atoms with van der Waals surface area (Å²) in [5.74, 6) is -0.492. The summed E-state index contributed by atoms with van der Waals surface area (Å²) < 4.78 is 6.38. The highest BCUT2D eigenvalue weighted by atomic mass is 35.5. The summed E-state index contributed by atoms with van der Waals surface area (Å²) in [4.78, 5) is 66.4. The van der Waals surface area contributed by atoms with Gasteiger partial charge in [-0.2, -0.15) is 5.26 Å². The molecule has 16 heteroatoms. The Morgan fingerprint density at radius 1 is 0.944 bits per heavy atom. The maximum atomic E-state index is 14.2. The number of aliphatic hydroxyl groups excluding tert-OH is 1. The monoisotopic (exact) mass is 1010 g/mol. The minimum Gasteiger partial charge on any atom is -0.489 e. The number of benzene rings is 3. The van der Waals surface area contributed by atoms with Crippen LogP contribution in [0.4, 0.5) is 0 Å². The SMILES string of the molecule is Cc1ncsc1-c1ccc([C@H](C)NC(=O)[C@@H]2C[C@@H](O)CN2C(=O)C(NC(=O)CN2CCN(CCCCc3ccc(C(=O)NC4C(C)(C)C(Oc5ccc(C#N)c(Cl)c5)C4(C)C)cc3)CC2)C(C)(C)C)cc1. The van der Waals surface area contributed by atoms with Crippen LogP contribution in [0.15, 0.2) is 72.2 Å². The van der Waals surface area contributed by atoms with E-state index in [1.807, 2.05) is 88.7 Å². The number of unbranched alkanes of at least 4 members (excludes halogenated alkanes) is 1. The minimum absolute atomic E-state index is 0.0147. The molecule has 0 bridgehead atoms. The van der Waals surface area contributed by atoms with Crippen molar-refractivity contribution < 1.29 is 29.0 Å². The van der Waals surface area contributed by atoms with E-state index < -0.39 is 23.6 Å². The van der Waals surface area contributed by atoms with Gasteiger partial charge in [-0.15, -0.1) is 11.3 Å². The fourth-order valence-corrected chi connectivity index (χ4v) is 11.9. The second-order valence-electron chi connectivity index (χ2n) is 22.0. The molecule has 4 amide bonds. The number of nitrogens with one attached hydrogen (secondary N) is 3. The predicted molar refractivity (Wildman–Crippen MR) is 278 cm³/mol. The van der Waals surface area contributed by atoms with E-state index in [0.717, 1.165) is 73.7 Å². The lowest BCUT2D eigenvalue weighted by Gasteiger charge is -2.63. The highest BCUT2D eigenvalue weighted by Crippen LogP contribution is 2.55. The topological polar surface area (TPSA) is 180 Å². The van der Waals surface area contributed by atoms with Crippen molar-refractivity contribution in [1.29, 1.82) is 5.26 Å². The van der Waals surface area contributed by atoms with Crippen LogP contribution in [0, 0.1) is 34.5 Å². The van der Waals surface area contributed by atoms with Crippen LogP contribution in [0.1, 0.15) is 113 Å². The maximum Gasteiger partial charge on any atom is 0.251 e. The fourth-order valence-electron chi connectivity index (χ4n) is 10.9. The Morgan fingerprint density at radius 3 is 2.21 bits per heavy atom. The number of amides is 4.